The van der Waals surface area contributed by atoms with E-state index in [0.29, 0.717) is 0 Å². The van der Waals surface area contributed by atoms with Crippen LogP contribution < -0.4 is 0 Å². The van der Waals surface area contributed by atoms with Gasteiger partial charge in [0.25, 0.3) is 0 Å². The zero-order chi connectivity index (χ0) is 18.8. The largest absolute Gasteiger partial charge is 0.384 e. The Hall–Kier alpha value is -0.570. The normalized spacial score (nSPS) is 37.7. The molecule has 0 saturated heterocycles. The molecule has 0 unspecified atom stereocenters. The van der Waals surface area contributed by atoms with E-state index in [1.54, 1.807) is 6.07 Å². The highest BCUT2D eigenvalue weighted by atomic mass is 35.5. The van der Waals surface area contributed by atoms with Gasteiger partial charge in [0, 0.05) is 28.6 Å². The molecule has 0 aromatic heterocycles. The second-order valence-corrected chi connectivity index (χ2v) is 3.67. The standard InChI is InChI=1S/C13H16ClNO.ClH/c1-15-12(13(16)8-4-5-9-13)10-6-2-3-7-11(10)14;/h2-3,6-7,16H,4-5,8-9H2,1H3;1H/i4D2,5D2,8D2,9D2;. The van der Waals surface area contributed by atoms with E-state index >= 15 is 0 Å². The number of hydrogen-bond donors (Lipinski definition) is 1. The Bertz CT molecular complexity index is 681. The van der Waals surface area contributed by atoms with Gasteiger partial charge in [0.05, 0.1) is 5.71 Å². The molecular weight excluding hydrogens is 257 g/mol. The molecule has 4 heteroatoms. The monoisotopic (exact) mass is 281 g/mol. The molecule has 1 aliphatic carbocycles. The Morgan fingerprint density at radius 3 is 2.53 bits per heavy atom. The first-order valence-electron chi connectivity index (χ1n) is 8.66. The van der Waals surface area contributed by atoms with Crippen LogP contribution in [0.5, 0.6) is 0 Å². The van der Waals surface area contributed by atoms with Crippen LogP contribution in [0.15, 0.2) is 29.3 Å². The summed E-state index contributed by atoms with van der Waals surface area (Å²) in [6.45, 7) is 0. The number of halogens is 2. The van der Waals surface area contributed by atoms with Crippen LogP contribution in [0, 0.1) is 0 Å². The molecule has 0 atom stereocenters. The Morgan fingerprint density at radius 2 is 2.00 bits per heavy atom. The van der Waals surface area contributed by atoms with Crippen molar-refractivity contribution in [1.82, 2.24) is 0 Å². The molecule has 0 amide bonds. The quantitative estimate of drug-likeness (QED) is 0.827. The first-order chi connectivity index (χ1) is 10.7. The molecule has 94 valence electrons. The van der Waals surface area contributed by atoms with Gasteiger partial charge in [-0.3, -0.25) is 4.99 Å². The highest BCUT2D eigenvalue weighted by molar-refractivity contribution is 6.34. The fourth-order valence-electron chi connectivity index (χ4n) is 1.52. The third-order valence-corrected chi connectivity index (χ3v) is 2.57. The molecule has 1 saturated carbocycles. The van der Waals surface area contributed by atoms with Crippen molar-refractivity contribution in [2.45, 2.75) is 31.1 Å². The van der Waals surface area contributed by atoms with E-state index in [2.05, 4.69) is 4.99 Å². The van der Waals surface area contributed by atoms with Crippen LogP contribution in [0.25, 0.3) is 0 Å². The topological polar surface area (TPSA) is 32.6 Å². The van der Waals surface area contributed by atoms with Crippen molar-refractivity contribution in [2.24, 2.45) is 4.99 Å². The second kappa shape index (κ2) is 5.85. The average Bonchev–Trinajstić information content (AvgIpc) is 2.52. The molecule has 1 aromatic carbocycles. The molecule has 0 radical (unpaired) electrons. The SMILES string of the molecule is Cl.[2H]C1([2H])C([2H])([2H])C([2H])([2H])C(O)(C(=NC)c2ccccc2Cl)C1([2H])[2H]. The Balaban J connectivity index is 0.00000312. The van der Waals surface area contributed by atoms with E-state index in [4.69, 9.17) is 22.6 Å². The first-order valence-corrected chi connectivity index (χ1v) is 5.04. The maximum absolute atomic E-state index is 11.0. The smallest absolute Gasteiger partial charge is 0.107 e. The first kappa shape index (κ1) is 6.55. The number of nitrogens with zero attached hydrogens (tertiary/aromatic N) is 1. The van der Waals surface area contributed by atoms with Gasteiger partial charge in [0.1, 0.15) is 5.60 Å². The molecule has 1 fully saturated rings. The van der Waals surface area contributed by atoms with Gasteiger partial charge < -0.3 is 5.11 Å². The lowest BCUT2D eigenvalue weighted by molar-refractivity contribution is 0.121. The van der Waals surface area contributed by atoms with Gasteiger partial charge in [0.2, 0.25) is 0 Å². The van der Waals surface area contributed by atoms with Gasteiger partial charge in [-0.25, -0.2) is 0 Å². The maximum atomic E-state index is 11.0. The molecule has 17 heavy (non-hydrogen) atoms. The van der Waals surface area contributed by atoms with E-state index < -0.39 is 36.8 Å². The fraction of sp³-hybridized carbons (Fsp3) is 0.462. The van der Waals surface area contributed by atoms with Crippen molar-refractivity contribution in [2.75, 3.05) is 7.05 Å². The van der Waals surface area contributed by atoms with Gasteiger partial charge in [-0.05, 0) is 18.8 Å². The van der Waals surface area contributed by atoms with Gasteiger partial charge >= 0.3 is 0 Å². The molecule has 1 aliphatic rings. The summed E-state index contributed by atoms with van der Waals surface area (Å²) in [5.74, 6) is 0. The molecular formula is C13H17Cl2NO. The zero-order valence-corrected chi connectivity index (χ0v) is 10.6. The summed E-state index contributed by atoms with van der Waals surface area (Å²) in [6.07, 6.45) is -13.3. The third kappa shape index (κ3) is 2.82. The van der Waals surface area contributed by atoms with Crippen molar-refractivity contribution in [3.05, 3.63) is 34.9 Å². The van der Waals surface area contributed by atoms with Crippen LogP contribution in [0.4, 0.5) is 0 Å². The average molecular weight is 282 g/mol. The van der Waals surface area contributed by atoms with Gasteiger partial charge in [-0.2, -0.15) is 0 Å². The summed E-state index contributed by atoms with van der Waals surface area (Å²) in [5.41, 5.74) is -3.74. The summed E-state index contributed by atoms with van der Waals surface area (Å²) >= 11 is 6.04. The third-order valence-electron chi connectivity index (χ3n) is 2.24. The minimum Gasteiger partial charge on any atom is -0.384 e. The highest BCUT2D eigenvalue weighted by Crippen LogP contribution is 2.34. The number of rotatable bonds is 2. The lowest BCUT2D eigenvalue weighted by Crippen LogP contribution is -2.36. The van der Waals surface area contributed by atoms with E-state index in [1.807, 2.05) is 0 Å². The molecule has 2 nitrogen and oxygen atoms in total. The molecule has 0 heterocycles. The van der Waals surface area contributed by atoms with Crippen LogP contribution in [0.1, 0.15) is 42.0 Å². The minimum atomic E-state index is -3.32. The molecule has 2 rings (SSSR count). The predicted octanol–water partition coefficient (Wildman–Crippen LogP) is 3.49. The summed E-state index contributed by atoms with van der Waals surface area (Å²) in [4.78, 5) is 3.76. The molecule has 0 aliphatic heterocycles. The minimum absolute atomic E-state index is 0. The van der Waals surface area contributed by atoms with Gasteiger partial charge in [0.15, 0.2) is 0 Å². The van der Waals surface area contributed by atoms with Crippen LogP contribution >= 0.6 is 24.0 Å². The van der Waals surface area contributed by atoms with Crippen molar-refractivity contribution in [1.29, 1.82) is 0 Å². The summed E-state index contributed by atoms with van der Waals surface area (Å²) < 4.78 is 63.4. The number of hydrogen-bond acceptors (Lipinski definition) is 2. The van der Waals surface area contributed by atoms with E-state index in [9.17, 15) is 5.11 Å². The van der Waals surface area contributed by atoms with E-state index in [-0.39, 0.29) is 23.0 Å². The predicted molar refractivity (Wildman–Crippen MR) is 74.6 cm³/mol. The lowest BCUT2D eigenvalue weighted by Gasteiger charge is -2.25. The van der Waals surface area contributed by atoms with E-state index in [0.717, 1.165) is 0 Å². The van der Waals surface area contributed by atoms with Crippen molar-refractivity contribution in [3.63, 3.8) is 0 Å². The summed E-state index contributed by atoms with van der Waals surface area (Å²) in [7, 11) is 1.17. The van der Waals surface area contributed by atoms with Crippen LogP contribution in [0.3, 0.4) is 0 Å². The van der Waals surface area contributed by atoms with Gasteiger partial charge in [-0.1, -0.05) is 42.5 Å². The Labute approximate surface area is 124 Å². The zero-order valence-electron chi connectivity index (χ0n) is 17.0. The summed E-state index contributed by atoms with van der Waals surface area (Å²) in [6, 6.07) is 5.88. The Morgan fingerprint density at radius 1 is 1.41 bits per heavy atom. The van der Waals surface area contributed by atoms with Crippen molar-refractivity contribution in [3.8, 4) is 0 Å². The highest BCUT2D eigenvalue weighted by Gasteiger charge is 2.37. The lowest BCUT2D eigenvalue weighted by atomic mass is 9.90. The van der Waals surface area contributed by atoms with Crippen molar-refractivity contribution >= 4 is 29.7 Å². The molecule has 1 N–H and O–H groups in total. The van der Waals surface area contributed by atoms with Crippen LogP contribution in [0.2, 0.25) is 5.02 Å². The molecule has 0 spiro atoms. The number of aliphatic hydroxyl groups is 1. The number of benzene rings is 1. The van der Waals surface area contributed by atoms with Crippen LogP contribution in [-0.4, -0.2) is 23.5 Å². The second-order valence-electron chi connectivity index (χ2n) is 3.26. The number of aliphatic imine (C=N–C) groups is 1. The van der Waals surface area contributed by atoms with Crippen LogP contribution in [-0.2, 0) is 0 Å². The summed E-state index contributed by atoms with van der Waals surface area (Å²) in [5, 5.41) is 11.1. The molecule has 0 bridgehead atoms. The Kier molecular flexibility index (Phi) is 2.26. The van der Waals surface area contributed by atoms with Crippen molar-refractivity contribution < 1.29 is 16.1 Å². The van der Waals surface area contributed by atoms with Gasteiger partial charge in [-0.15, -0.1) is 12.4 Å². The van der Waals surface area contributed by atoms with E-state index in [1.165, 1.54) is 25.2 Å². The molecule has 1 aromatic rings. The fourth-order valence-corrected chi connectivity index (χ4v) is 1.75. The maximum Gasteiger partial charge on any atom is 0.107 e.